The molecule has 0 aliphatic heterocycles. The van der Waals surface area contributed by atoms with E-state index >= 15 is 0 Å². The van der Waals surface area contributed by atoms with E-state index in [4.69, 9.17) is 4.74 Å². The van der Waals surface area contributed by atoms with E-state index in [1.54, 1.807) is 0 Å². The van der Waals surface area contributed by atoms with Gasteiger partial charge in [-0.15, -0.1) is 0 Å². The molecular formula is C20H22O2. The van der Waals surface area contributed by atoms with Crippen LogP contribution in [-0.2, 0) is 14.9 Å². The summed E-state index contributed by atoms with van der Waals surface area (Å²) in [5, 5.41) is 0. The monoisotopic (exact) mass is 294 g/mol. The fourth-order valence-electron chi connectivity index (χ4n) is 3.20. The predicted molar refractivity (Wildman–Crippen MR) is 87.6 cm³/mol. The molecule has 2 heteroatoms. The van der Waals surface area contributed by atoms with Crippen molar-refractivity contribution >= 4 is 5.97 Å². The SMILES string of the molecule is CC(C)(C)OC(=O)[C@@H]1CC1(c1ccccc1)c1ccccc1. The van der Waals surface area contributed by atoms with Crippen molar-refractivity contribution in [1.82, 2.24) is 0 Å². The van der Waals surface area contributed by atoms with E-state index in [2.05, 4.69) is 24.3 Å². The highest BCUT2D eigenvalue weighted by Crippen LogP contribution is 2.59. The second kappa shape index (κ2) is 5.28. The standard InChI is InChI=1S/C20H22O2/c1-19(2,3)22-18(21)17-14-20(17,15-10-6-4-7-11-15)16-12-8-5-9-13-16/h4-13,17H,14H2,1-3H3/t17-/m0/s1. The Hall–Kier alpha value is -2.09. The molecule has 0 spiro atoms. The van der Waals surface area contributed by atoms with Crippen molar-refractivity contribution in [2.24, 2.45) is 5.92 Å². The molecule has 0 unspecified atom stereocenters. The molecule has 0 bridgehead atoms. The summed E-state index contributed by atoms with van der Waals surface area (Å²) in [6.45, 7) is 5.75. The summed E-state index contributed by atoms with van der Waals surface area (Å²) in [5.41, 5.74) is 1.71. The molecule has 0 heterocycles. The van der Waals surface area contributed by atoms with Crippen LogP contribution in [-0.4, -0.2) is 11.6 Å². The van der Waals surface area contributed by atoms with Crippen molar-refractivity contribution in [3.05, 3.63) is 71.8 Å². The lowest BCUT2D eigenvalue weighted by Gasteiger charge is -2.22. The van der Waals surface area contributed by atoms with Gasteiger partial charge in [0.05, 0.1) is 5.92 Å². The summed E-state index contributed by atoms with van der Waals surface area (Å²) in [6, 6.07) is 20.6. The van der Waals surface area contributed by atoms with Gasteiger partial charge in [-0.25, -0.2) is 0 Å². The van der Waals surface area contributed by atoms with E-state index in [1.165, 1.54) is 11.1 Å². The fourth-order valence-corrected chi connectivity index (χ4v) is 3.20. The molecule has 114 valence electrons. The molecule has 1 aliphatic rings. The van der Waals surface area contributed by atoms with E-state index in [9.17, 15) is 4.79 Å². The van der Waals surface area contributed by atoms with Gasteiger partial charge in [0.2, 0.25) is 0 Å². The summed E-state index contributed by atoms with van der Waals surface area (Å²) in [7, 11) is 0. The van der Waals surface area contributed by atoms with Gasteiger partial charge in [0.15, 0.2) is 0 Å². The van der Waals surface area contributed by atoms with Gasteiger partial charge in [0.1, 0.15) is 5.60 Å². The number of carbonyl (C=O) groups excluding carboxylic acids is 1. The van der Waals surface area contributed by atoms with E-state index in [0.29, 0.717) is 0 Å². The molecule has 2 nitrogen and oxygen atoms in total. The Morgan fingerprint density at radius 2 is 1.41 bits per heavy atom. The van der Waals surface area contributed by atoms with Crippen LogP contribution in [0, 0.1) is 5.92 Å². The maximum atomic E-state index is 12.6. The first-order chi connectivity index (χ1) is 10.4. The topological polar surface area (TPSA) is 26.3 Å². The van der Waals surface area contributed by atoms with Crippen LogP contribution in [0.2, 0.25) is 0 Å². The van der Waals surface area contributed by atoms with Crippen molar-refractivity contribution in [3.8, 4) is 0 Å². The molecule has 1 saturated carbocycles. The van der Waals surface area contributed by atoms with Gasteiger partial charge in [-0.05, 0) is 38.3 Å². The average molecular weight is 294 g/mol. The second-order valence-corrected chi connectivity index (χ2v) is 6.99. The van der Waals surface area contributed by atoms with E-state index in [-0.39, 0.29) is 17.3 Å². The zero-order valence-electron chi connectivity index (χ0n) is 13.4. The number of ether oxygens (including phenoxy) is 1. The Morgan fingerprint density at radius 3 is 1.82 bits per heavy atom. The minimum Gasteiger partial charge on any atom is -0.460 e. The zero-order valence-corrected chi connectivity index (χ0v) is 13.4. The van der Waals surface area contributed by atoms with Crippen molar-refractivity contribution in [3.63, 3.8) is 0 Å². The molecule has 1 atom stereocenters. The summed E-state index contributed by atoms with van der Waals surface area (Å²) in [5.74, 6) is -0.197. The third-order valence-electron chi connectivity index (χ3n) is 4.23. The van der Waals surface area contributed by atoms with E-state index in [0.717, 1.165) is 6.42 Å². The fraction of sp³-hybridized carbons (Fsp3) is 0.350. The minimum absolute atomic E-state index is 0.0970. The first-order valence-corrected chi connectivity index (χ1v) is 7.77. The van der Waals surface area contributed by atoms with E-state index < -0.39 is 5.60 Å². The molecular weight excluding hydrogens is 272 g/mol. The van der Waals surface area contributed by atoms with Gasteiger partial charge in [0, 0.05) is 5.41 Å². The molecule has 1 aliphatic carbocycles. The Morgan fingerprint density at radius 1 is 0.955 bits per heavy atom. The van der Waals surface area contributed by atoms with Crippen LogP contribution in [0.4, 0.5) is 0 Å². The first kappa shape index (κ1) is 14.8. The lowest BCUT2D eigenvalue weighted by molar-refractivity contribution is -0.156. The molecule has 2 aromatic rings. The van der Waals surface area contributed by atoms with Crippen LogP contribution < -0.4 is 0 Å². The smallest absolute Gasteiger partial charge is 0.310 e. The molecule has 0 N–H and O–H groups in total. The molecule has 0 aromatic heterocycles. The Bertz CT molecular complexity index is 614. The van der Waals surface area contributed by atoms with Crippen molar-refractivity contribution in [2.75, 3.05) is 0 Å². The van der Waals surface area contributed by atoms with E-state index in [1.807, 2.05) is 57.2 Å². The van der Waals surface area contributed by atoms with Gasteiger partial charge in [-0.1, -0.05) is 60.7 Å². The van der Waals surface area contributed by atoms with Crippen molar-refractivity contribution in [1.29, 1.82) is 0 Å². The Labute approximate surface area is 132 Å². The number of benzene rings is 2. The number of esters is 1. The first-order valence-electron chi connectivity index (χ1n) is 7.77. The summed E-state index contributed by atoms with van der Waals surface area (Å²) in [4.78, 5) is 12.6. The van der Waals surface area contributed by atoms with Crippen LogP contribution in [0.1, 0.15) is 38.3 Å². The van der Waals surface area contributed by atoms with Gasteiger partial charge in [-0.2, -0.15) is 0 Å². The van der Waals surface area contributed by atoms with Crippen LogP contribution in [0.15, 0.2) is 60.7 Å². The molecule has 2 aromatic carbocycles. The number of hydrogen-bond acceptors (Lipinski definition) is 2. The van der Waals surface area contributed by atoms with Gasteiger partial charge < -0.3 is 4.74 Å². The Balaban J connectivity index is 1.97. The highest BCUT2D eigenvalue weighted by Gasteiger charge is 2.61. The summed E-state index contributed by atoms with van der Waals surface area (Å²) >= 11 is 0. The summed E-state index contributed by atoms with van der Waals surface area (Å²) in [6.07, 6.45) is 0.815. The van der Waals surface area contributed by atoms with Crippen LogP contribution >= 0.6 is 0 Å². The summed E-state index contributed by atoms with van der Waals surface area (Å²) < 4.78 is 5.62. The largest absolute Gasteiger partial charge is 0.460 e. The average Bonchev–Trinajstić information content (AvgIpc) is 3.24. The molecule has 0 amide bonds. The van der Waals surface area contributed by atoms with Crippen LogP contribution in [0.25, 0.3) is 0 Å². The lowest BCUT2D eigenvalue weighted by atomic mass is 9.86. The highest BCUT2D eigenvalue weighted by molar-refractivity contribution is 5.81. The molecule has 0 radical (unpaired) electrons. The number of hydrogen-bond donors (Lipinski definition) is 0. The maximum Gasteiger partial charge on any atom is 0.310 e. The minimum atomic E-state index is -0.446. The van der Waals surface area contributed by atoms with Crippen molar-refractivity contribution < 1.29 is 9.53 Å². The van der Waals surface area contributed by atoms with Crippen molar-refractivity contribution in [2.45, 2.75) is 38.2 Å². The Kier molecular flexibility index (Phi) is 3.56. The second-order valence-electron chi connectivity index (χ2n) is 6.99. The van der Waals surface area contributed by atoms with Gasteiger partial charge >= 0.3 is 5.97 Å². The lowest BCUT2D eigenvalue weighted by Crippen LogP contribution is -2.27. The molecule has 1 fully saturated rings. The maximum absolute atomic E-state index is 12.6. The quantitative estimate of drug-likeness (QED) is 0.787. The third kappa shape index (κ3) is 2.66. The van der Waals surface area contributed by atoms with Crippen LogP contribution in [0.3, 0.4) is 0 Å². The zero-order chi connectivity index (χ0) is 15.8. The van der Waals surface area contributed by atoms with Gasteiger partial charge in [0.25, 0.3) is 0 Å². The van der Waals surface area contributed by atoms with Gasteiger partial charge in [-0.3, -0.25) is 4.79 Å². The predicted octanol–water partition coefficient (Wildman–Crippen LogP) is 4.33. The van der Waals surface area contributed by atoms with Crippen LogP contribution in [0.5, 0.6) is 0 Å². The third-order valence-corrected chi connectivity index (χ3v) is 4.23. The number of carbonyl (C=O) groups is 1. The number of rotatable bonds is 3. The molecule has 3 rings (SSSR count). The normalized spacial score (nSPS) is 19.5. The highest BCUT2D eigenvalue weighted by atomic mass is 16.6. The molecule has 0 saturated heterocycles. The molecule has 22 heavy (non-hydrogen) atoms.